The first-order valence-electron chi connectivity index (χ1n) is 5.88. The van der Waals surface area contributed by atoms with Crippen LogP contribution in [-0.2, 0) is 16.8 Å². The zero-order chi connectivity index (χ0) is 15.5. The van der Waals surface area contributed by atoms with Crippen LogP contribution in [0.15, 0.2) is 53.4 Å². The maximum Gasteiger partial charge on any atom is 0.332 e. The van der Waals surface area contributed by atoms with Gasteiger partial charge in [0.25, 0.3) is 5.69 Å². The van der Waals surface area contributed by atoms with E-state index in [2.05, 4.69) is 5.32 Å². The average molecular weight is 310 g/mol. The van der Waals surface area contributed by atoms with Crippen LogP contribution in [0, 0.1) is 10.1 Å². The van der Waals surface area contributed by atoms with Gasteiger partial charge in [0, 0.05) is 24.4 Å². The Bertz CT molecular complexity index is 760. The summed E-state index contributed by atoms with van der Waals surface area (Å²) in [5, 5.41) is 13.4. The van der Waals surface area contributed by atoms with Gasteiger partial charge in [0.1, 0.15) is 4.90 Å². The summed E-state index contributed by atoms with van der Waals surface area (Å²) in [4.78, 5) is 9.61. The van der Waals surface area contributed by atoms with Crippen molar-refractivity contribution in [3.8, 4) is 0 Å². The molecule has 110 valence electrons. The van der Waals surface area contributed by atoms with E-state index < -0.39 is 20.0 Å². The number of hydrogen-bond acceptors (Lipinski definition) is 5. The topological polar surface area (TPSA) is 89.3 Å². The molecule has 6 nitrogen and oxygen atoms in total. The van der Waals surface area contributed by atoms with E-state index >= 15 is 0 Å². The Morgan fingerprint density at radius 2 is 1.81 bits per heavy atom. The standard InChI is InChI=1S/C13H11FN2O4S/c14-21(19,20)13-3-1-2-11(8-13)15-9-10-4-6-12(7-5-10)16(17)18/h1-8,15H,9H2. The molecule has 0 aliphatic carbocycles. The number of rotatable bonds is 5. The Morgan fingerprint density at radius 1 is 1.14 bits per heavy atom. The number of nitrogens with zero attached hydrogens (tertiary/aromatic N) is 1. The Kier molecular flexibility index (Phi) is 4.18. The fourth-order valence-corrected chi connectivity index (χ4v) is 2.21. The van der Waals surface area contributed by atoms with E-state index in [1.807, 2.05) is 0 Å². The number of nitro benzene ring substituents is 1. The lowest BCUT2D eigenvalue weighted by Gasteiger charge is -2.07. The first kappa shape index (κ1) is 14.9. The molecule has 0 saturated carbocycles. The van der Waals surface area contributed by atoms with Crippen LogP contribution in [0.5, 0.6) is 0 Å². The van der Waals surface area contributed by atoms with Gasteiger partial charge in [-0.3, -0.25) is 10.1 Å². The van der Waals surface area contributed by atoms with Crippen molar-refractivity contribution in [2.24, 2.45) is 0 Å². The van der Waals surface area contributed by atoms with Crippen LogP contribution in [-0.4, -0.2) is 13.3 Å². The summed E-state index contributed by atoms with van der Waals surface area (Å²) in [5.74, 6) is 0. The van der Waals surface area contributed by atoms with Gasteiger partial charge in [0.15, 0.2) is 0 Å². The van der Waals surface area contributed by atoms with Crippen molar-refractivity contribution in [1.82, 2.24) is 0 Å². The molecule has 1 N–H and O–H groups in total. The zero-order valence-electron chi connectivity index (χ0n) is 10.7. The SMILES string of the molecule is O=[N+]([O-])c1ccc(CNc2cccc(S(=O)(=O)F)c2)cc1. The Morgan fingerprint density at radius 3 is 2.38 bits per heavy atom. The minimum Gasteiger partial charge on any atom is -0.381 e. The number of halogens is 1. The third kappa shape index (κ3) is 3.99. The van der Waals surface area contributed by atoms with Crippen molar-refractivity contribution in [3.05, 3.63) is 64.2 Å². The normalized spacial score (nSPS) is 11.1. The van der Waals surface area contributed by atoms with Gasteiger partial charge >= 0.3 is 10.2 Å². The fraction of sp³-hybridized carbons (Fsp3) is 0.0769. The molecule has 0 unspecified atom stereocenters. The maximum absolute atomic E-state index is 12.9. The van der Waals surface area contributed by atoms with Gasteiger partial charge in [-0.15, -0.1) is 3.89 Å². The number of nitrogens with one attached hydrogen (secondary N) is 1. The minimum absolute atomic E-state index is 0.00994. The first-order chi connectivity index (χ1) is 9.86. The molecule has 8 heteroatoms. The predicted octanol–water partition coefficient (Wildman–Crippen LogP) is 2.87. The summed E-state index contributed by atoms with van der Waals surface area (Å²) in [7, 11) is -4.74. The molecule has 0 fully saturated rings. The lowest BCUT2D eigenvalue weighted by Crippen LogP contribution is -2.01. The van der Waals surface area contributed by atoms with Crippen LogP contribution in [0.1, 0.15) is 5.56 Å². The predicted molar refractivity (Wildman–Crippen MR) is 75.2 cm³/mol. The second-order valence-corrected chi connectivity index (χ2v) is 5.59. The fourth-order valence-electron chi connectivity index (χ4n) is 1.70. The molecule has 2 rings (SSSR count). The van der Waals surface area contributed by atoms with Crippen LogP contribution < -0.4 is 5.32 Å². The van der Waals surface area contributed by atoms with Crippen LogP contribution >= 0.6 is 0 Å². The van der Waals surface area contributed by atoms with E-state index in [4.69, 9.17) is 0 Å². The van der Waals surface area contributed by atoms with Gasteiger partial charge in [-0.25, -0.2) is 0 Å². The third-order valence-electron chi connectivity index (χ3n) is 2.76. The molecule has 2 aromatic carbocycles. The smallest absolute Gasteiger partial charge is 0.332 e. The first-order valence-corrected chi connectivity index (χ1v) is 7.26. The van der Waals surface area contributed by atoms with Gasteiger partial charge in [-0.05, 0) is 23.8 Å². The van der Waals surface area contributed by atoms with Crippen LogP contribution in [0.25, 0.3) is 0 Å². The highest BCUT2D eigenvalue weighted by Gasteiger charge is 2.11. The summed E-state index contributed by atoms with van der Waals surface area (Å²) >= 11 is 0. The largest absolute Gasteiger partial charge is 0.381 e. The monoisotopic (exact) mass is 310 g/mol. The molecule has 0 spiro atoms. The second kappa shape index (κ2) is 5.88. The summed E-state index contributed by atoms with van der Waals surface area (Å²) < 4.78 is 34.5. The van der Waals surface area contributed by atoms with E-state index in [9.17, 15) is 22.4 Å². The molecular formula is C13H11FN2O4S. The van der Waals surface area contributed by atoms with Gasteiger partial charge in [-0.2, -0.15) is 8.42 Å². The summed E-state index contributed by atoms with van der Waals surface area (Å²) in [6.45, 7) is 0.327. The van der Waals surface area contributed by atoms with Crippen molar-refractivity contribution >= 4 is 21.6 Å². The summed E-state index contributed by atoms with van der Waals surface area (Å²) in [5.41, 5.74) is 1.20. The average Bonchev–Trinajstić information content (AvgIpc) is 2.45. The van der Waals surface area contributed by atoms with Crippen LogP contribution in [0.4, 0.5) is 15.3 Å². The van der Waals surface area contributed by atoms with Gasteiger partial charge < -0.3 is 5.32 Å². The molecule has 0 heterocycles. The van der Waals surface area contributed by atoms with Crippen LogP contribution in [0.3, 0.4) is 0 Å². The van der Waals surface area contributed by atoms with Crippen molar-refractivity contribution in [2.75, 3.05) is 5.32 Å². The second-order valence-electron chi connectivity index (χ2n) is 4.24. The molecule has 0 saturated heterocycles. The van der Waals surface area contributed by atoms with Gasteiger partial charge in [0.05, 0.1) is 4.92 Å². The lowest BCUT2D eigenvalue weighted by molar-refractivity contribution is -0.384. The summed E-state index contributed by atoms with van der Waals surface area (Å²) in [6.07, 6.45) is 0. The van der Waals surface area contributed by atoms with E-state index in [0.717, 1.165) is 11.6 Å². The van der Waals surface area contributed by atoms with E-state index in [1.165, 1.54) is 24.3 Å². The number of non-ortho nitro benzene ring substituents is 1. The number of hydrogen-bond donors (Lipinski definition) is 1. The number of benzene rings is 2. The van der Waals surface area contributed by atoms with Crippen molar-refractivity contribution in [2.45, 2.75) is 11.4 Å². The summed E-state index contributed by atoms with van der Waals surface area (Å²) in [6, 6.07) is 11.3. The van der Waals surface area contributed by atoms with Gasteiger partial charge in [0.2, 0.25) is 0 Å². The number of nitro groups is 1. The van der Waals surface area contributed by atoms with E-state index in [-0.39, 0.29) is 5.69 Å². The van der Waals surface area contributed by atoms with E-state index in [0.29, 0.717) is 12.2 Å². The van der Waals surface area contributed by atoms with E-state index in [1.54, 1.807) is 18.2 Å². The third-order valence-corrected chi connectivity index (χ3v) is 3.58. The quantitative estimate of drug-likeness (QED) is 0.521. The highest BCUT2D eigenvalue weighted by Crippen LogP contribution is 2.18. The maximum atomic E-state index is 12.9. The highest BCUT2D eigenvalue weighted by molar-refractivity contribution is 7.86. The molecular weight excluding hydrogens is 299 g/mol. The molecule has 0 aliphatic rings. The zero-order valence-corrected chi connectivity index (χ0v) is 11.5. The molecule has 0 atom stereocenters. The lowest BCUT2D eigenvalue weighted by atomic mass is 10.2. The van der Waals surface area contributed by atoms with Crippen LogP contribution in [0.2, 0.25) is 0 Å². The highest BCUT2D eigenvalue weighted by atomic mass is 32.3. The van der Waals surface area contributed by atoms with Gasteiger partial charge in [-0.1, -0.05) is 18.2 Å². The Balaban J connectivity index is 2.08. The van der Waals surface area contributed by atoms with Crippen molar-refractivity contribution < 1.29 is 17.2 Å². The Hall–Kier alpha value is -2.48. The number of anilines is 1. The molecule has 0 bridgehead atoms. The molecule has 2 aromatic rings. The van der Waals surface area contributed by atoms with Crippen molar-refractivity contribution in [1.29, 1.82) is 0 Å². The van der Waals surface area contributed by atoms with Crippen molar-refractivity contribution in [3.63, 3.8) is 0 Å². The minimum atomic E-state index is -4.74. The molecule has 21 heavy (non-hydrogen) atoms. The molecule has 0 radical (unpaired) electrons. The molecule has 0 amide bonds. The molecule has 0 aliphatic heterocycles. The molecule has 0 aromatic heterocycles. The Labute approximate surface area is 120 Å².